The topological polar surface area (TPSA) is 110 Å². The fourth-order valence-corrected chi connectivity index (χ4v) is 2.14. The number of rotatable bonds is 9. The lowest BCUT2D eigenvalue weighted by Crippen LogP contribution is -2.27. The van der Waals surface area contributed by atoms with Crippen molar-refractivity contribution in [2.75, 3.05) is 6.54 Å². The predicted octanol–water partition coefficient (Wildman–Crippen LogP) is 0.922. The molecule has 0 aliphatic carbocycles. The van der Waals surface area contributed by atoms with Crippen LogP contribution in [0.3, 0.4) is 0 Å². The summed E-state index contributed by atoms with van der Waals surface area (Å²) in [5.74, 6) is 1.07. The van der Waals surface area contributed by atoms with Gasteiger partial charge in [-0.25, -0.2) is 0 Å². The van der Waals surface area contributed by atoms with Gasteiger partial charge in [0.15, 0.2) is 5.82 Å². The molecule has 0 saturated heterocycles. The van der Waals surface area contributed by atoms with Gasteiger partial charge in [0.25, 0.3) is 0 Å². The van der Waals surface area contributed by atoms with Crippen molar-refractivity contribution in [3.05, 3.63) is 5.82 Å². The van der Waals surface area contributed by atoms with E-state index in [0.717, 1.165) is 25.7 Å². The van der Waals surface area contributed by atoms with Gasteiger partial charge in [-0.2, -0.15) is 5.21 Å². The molecule has 4 N–H and O–H groups in total. The van der Waals surface area contributed by atoms with E-state index in [1.54, 1.807) is 0 Å². The number of nitrogens with zero attached hydrogens (tertiary/aromatic N) is 3. The van der Waals surface area contributed by atoms with Crippen LogP contribution in [0.5, 0.6) is 0 Å². The van der Waals surface area contributed by atoms with Crippen molar-refractivity contribution in [3.8, 4) is 0 Å². The summed E-state index contributed by atoms with van der Waals surface area (Å²) in [7, 11) is 0. The summed E-state index contributed by atoms with van der Waals surface area (Å²) in [4.78, 5) is 11.8. The molecule has 2 unspecified atom stereocenters. The zero-order chi connectivity index (χ0) is 14.1. The van der Waals surface area contributed by atoms with Crippen LogP contribution in [0.15, 0.2) is 0 Å². The second kappa shape index (κ2) is 8.58. The van der Waals surface area contributed by atoms with E-state index in [4.69, 9.17) is 5.73 Å². The first kappa shape index (κ1) is 15.6. The average molecular weight is 268 g/mol. The van der Waals surface area contributed by atoms with Crippen LogP contribution in [0.4, 0.5) is 0 Å². The Bertz CT molecular complexity index is 347. The van der Waals surface area contributed by atoms with Gasteiger partial charge in [-0.3, -0.25) is 4.79 Å². The molecule has 108 valence electrons. The van der Waals surface area contributed by atoms with Crippen molar-refractivity contribution < 1.29 is 4.79 Å². The first-order valence-electron chi connectivity index (χ1n) is 6.90. The molecule has 2 atom stereocenters. The Morgan fingerprint density at radius 1 is 1.42 bits per heavy atom. The summed E-state index contributed by atoms with van der Waals surface area (Å²) in [6.45, 7) is 4.68. The van der Waals surface area contributed by atoms with Crippen molar-refractivity contribution in [2.45, 2.75) is 52.0 Å². The molecule has 1 aromatic heterocycles. The van der Waals surface area contributed by atoms with E-state index in [9.17, 15) is 4.79 Å². The summed E-state index contributed by atoms with van der Waals surface area (Å²) in [6.07, 6.45) is 4.65. The molecule has 0 radical (unpaired) electrons. The maximum absolute atomic E-state index is 11.8. The van der Waals surface area contributed by atoms with Crippen LogP contribution >= 0.6 is 0 Å². The van der Waals surface area contributed by atoms with E-state index in [1.165, 1.54) is 0 Å². The number of carbonyl (C=O) groups excluding carboxylic acids is 1. The van der Waals surface area contributed by atoms with E-state index >= 15 is 0 Å². The number of tetrazole rings is 1. The van der Waals surface area contributed by atoms with Gasteiger partial charge in [-0.1, -0.05) is 25.0 Å². The SMILES string of the molecule is CCCC(CCN)CCC(=O)NC(C)c1nn[nH]n1. The van der Waals surface area contributed by atoms with Gasteiger partial charge in [0.1, 0.15) is 0 Å². The van der Waals surface area contributed by atoms with E-state index in [-0.39, 0.29) is 11.9 Å². The Hall–Kier alpha value is -1.50. The maximum atomic E-state index is 11.8. The maximum Gasteiger partial charge on any atom is 0.220 e. The summed E-state index contributed by atoms with van der Waals surface area (Å²) in [6, 6.07) is -0.217. The van der Waals surface area contributed by atoms with Crippen LogP contribution in [0.25, 0.3) is 0 Å². The monoisotopic (exact) mass is 268 g/mol. The molecule has 1 rings (SSSR count). The van der Waals surface area contributed by atoms with Crippen LogP contribution in [0, 0.1) is 5.92 Å². The van der Waals surface area contributed by atoms with Gasteiger partial charge in [-0.15, -0.1) is 10.2 Å². The lowest BCUT2D eigenvalue weighted by molar-refractivity contribution is -0.122. The smallest absolute Gasteiger partial charge is 0.220 e. The first-order valence-corrected chi connectivity index (χ1v) is 6.90. The molecular weight excluding hydrogens is 244 g/mol. The summed E-state index contributed by atoms with van der Waals surface area (Å²) >= 11 is 0. The molecule has 1 aromatic rings. The summed E-state index contributed by atoms with van der Waals surface area (Å²) < 4.78 is 0. The summed E-state index contributed by atoms with van der Waals surface area (Å²) in [5.41, 5.74) is 5.58. The third kappa shape index (κ3) is 5.78. The highest BCUT2D eigenvalue weighted by molar-refractivity contribution is 5.76. The standard InChI is InChI=1S/C12H24N6O/c1-3-4-10(7-8-13)5-6-11(19)14-9(2)12-15-17-18-16-12/h9-10H,3-8,13H2,1-2H3,(H,14,19)(H,15,16,17,18). The van der Waals surface area contributed by atoms with Crippen molar-refractivity contribution in [3.63, 3.8) is 0 Å². The molecule has 19 heavy (non-hydrogen) atoms. The highest BCUT2D eigenvalue weighted by Gasteiger charge is 2.15. The molecule has 1 heterocycles. The fourth-order valence-electron chi connectivity index (χ4n) is 2.14. The molecule has 0 aromatic carbocycles. The minimum absolute atomic E-state index is 0.0235. The third-order valence-corrected chi connectivity index (χ3v) is 3.18. The zero-order valence-electron chi connectivity index (χ0n) is 11.7. The number of aromatic amines is 1. The molecule has 0 fully saturated rings. The molecule has 1 amide bonds. The number of amides is 1. The second-order valence-electron chi connectivity index (χ2n) is 4.83. The Kier molecular flexibility index (Phi) is 7.02. The van der Waals surface area contributed by atoms with Crippen molar-refractivity contribution in [1.29, 1.82) is 0 Å². The molecule has 0 bridgehead atoms. The number of hydrogen-bond donors (Lipinski definition) is 3. The van der Waals surface area contributed by atoms with Crippen LogP contribution in [-0.4, -0.2) is 33.1 Å². The number of nitrogens with two attached hydrogens (primary N) is 1. The van der Waals surface area contributed by atoms with E-state index in [2.05, 4.69) is 32.9 Å². The van der Waals surface area contributed by atoms with Crippen molar-refractivity contribution in [2.24, 2.45) is 11.7 Å². The molecule has 7 heteroatoms. The van der Waals surface area contributed by atoms with E-state index in [1.807, 2.05) is 6.92 Å². The molecule has 7 nitrogen and oxygen atoms in total. The lowest BCUT2D eigenvalue weighted by Gasteiger charge is -2.15. The van der Waals surface area contributed by atoms with E-state index in [0.29, 0.717) is 24.7 Å². The average Bonchev–Trinajstić information content (AvgIpc) is 2.90. The highest BCUT2D eigenvalue weighted by Crippen LogP contribution is 2.17. The number of aromatic nitrogens is 4. The largest absolute Gasteiger partial charge is 0.346 e. The number of hydrogen-bond acceptors (Lipinski definition) is 5. The highest BCUT2D eigenvalue weighted by atomic mass is 16.1. The molecule has 0 spiro atoms. The normalized spacial score (nSPS) is 14.1. The Morgan fingerprint density at radius 2 is 2.21 bits per heavy atom. The number of carbonyl (C=O) groups is 1. The quantitative estimate of drug-likeness (QED) is 0.617. The first-order chi connectivity index (χ1) is 9.17. The third-order valence-electron chi connectivity index (χ3n) is 3.18. The molecule has 0 aliphatic heterocycles. The van der Waals surface area contributed by atoms with E-state index < -0.39 is 0 Å². The van der Waals surface area contributed by atoms with Crippen LogP contribution in [-0.2, 0) is 4.79 Å². The van der Waals surface area contributed by atoms with Crippen molar-refractivity contribution >= 4 is 5.91 Å². The fraction of sp³-hybridized carbons (Fsp3) is 0.833. The Morgan fingerprint density at radius 3 is 2.79 bits per heavy atom. The van der Waals surface area contributed by atoms with Gasteiger partial charge >= 0.3 is 0 Å². The van der Waals surface area contributed by atoms with Gasteiger partial charge in [0.05, 0.1) is 6.04 Å². The Labute approximate surface area is 113 Å². The van der Waals surface area contributed by atoms with Crippen molar-refractivity contribution in [1.82, 2.24) is 25.9 Å². The molecule has 0 aliphatic rings. The van der Waals surface area contributed by atoms with Crippen LogP contribution in [0.1, 0.15) is 57.8 Å². The lowest BCUT2D eigenvalue weighted by atomic mass is 9.94. The molecular formula is C12H24N6O. The van der Waals surface area contributed by atoms with Gasteiger partial charge < -0.3 is 11.1 Å². The molecule has 0 saturated carbocycles. The van der Waals surface area contributed by atoms with Gasteiger partial charge in [-0.05, 0) is 32.2 Å². The second-order valence-corrected chi connectivity index (χ2v) is 4.83. The number of nitrogens with one attached hydrogen (secondary N) is 2. The number of H-pyrrole nitrogens is 1. The van der Waals surface area contributed by atoms with Gasteiger partial charge in [0.2, 0.25) is 5.91 Å². The van der Waals surface area contributed by atoms with Gasteiger partial charge in [0, 0.05) is 6.42 Å². The van der Waals surface area contributed by atoms with Crippen LogP contribution in [0.2, 0.25) is 0 Å². The zero-order valence-corrected chi connectivity index (χ0v) is 11.7. The predicted molar refractivity (Wildman–Crippen MR) is 72.0 cm³/mol. The minimum atomic E-state index is -0.217. The van der Waals surface area contributed by atoms with Crippen LogP contribution < -0.4 is 11.1 Å². The minimum Gasteiger partial charge on any atom is -0.346 e. The summed E-state index contributed by atoms with van der Waals surface area (Å²) in [5, 5.41) is 16.4. The Balaban J connectivity index is 2.30.